The van der Waals surface area contributed by atoms with Crippen LogP contribution in [0.15, 0.2) is 36.4 Å². The fourth-order valence-electron chi connectivity index (χ4n) is 3.08. The van der Waals surface area contributed by atoms with Crippen molar-refractivity contribution in [1.29, 1.82) is 0 Å². The molecule has 1 aliphatic rings. The van der Waals surface area contributed by atoms with E-state index in [1.54, 1.807) is 6.07 Å². The van der Waals surface area contributed by atoms with Gasteiger partial charge in [0.2, 0.25) is 5.91 Å². The summed E-state index contributed by atoms with van der Waals surface area (Å²) < 4.78 is 18.4. The van der Waals surface area contributed by atoms with Crippen molar-refractivity contribution in [2.45, 2.75) is 32.1 Å². The van der Waals surface area contributed by atoms with Crippen molar-refractivity contribution in [1.82, 2.24) is 4.90 Å². The van der Waals surface area contributed by atoms with Crippen molar-refractivity contribution in [3.8, 4) is 0 Å². The lowest BCUT2D eigenvalue weighted by Gasteiger charge is -2.21. The Hall–Kier alpha value is -2.43. The quantitative estimate of drug-likeness (QED) is 0.824. The first-order valence-corrected chi connectivity index (χ1v) is 8.27. The summed E-state index contributed by atoms with van der Waals surface area (Å²) in [6.45, 7) is 2.60. The molecule has 0 aromatic heterocycles. The average molecular weight is 329 g/mol. The van der Waals surface area contributed by atoms with Gasteiger partial charge in [-0.25, -0.2) is 14.1 Å². The van der Waals surface area contributed by atoms with Gasteiger partial charge in [0.15, 0.2) is 0 Å². The van der Waals surface area contributed by atoms with Crippen molar-refractivity contribution in [3.05, 3.63) is 47.8 Å². The van der Waals surface area contributed by atoms with E-state index in [4.69, 9.17) is 4.74 Å². The standard InChI is InChI=1S/C19H20FNO3/c1-2-3-4-17(18(22)21-9-10-24-19(21)23)14-6-5-13-7-8-16(20)12-15(13)11-14/h5-8,11-12,17H,2-4,9-10H2,1H3. The summed E-state index contributed by atoms with van der Waals surface area (Å²) in [6.07, 6.45) is 1.91. The van der Waals surface area contributed by atoms with Gasteiger partial charge in [0, 0.05) is 0 Å². The third-order valence-corrected chi connectivity index (χ3v) is 4.40. The molecule has 0 aliphatic carbocycles. The molecule has 1 fully saturated rings. The zero-order chi connectivity index (χ0) is 17.1. The van der Waals surface area contributed by atoms with Gasteiger partial charge >= 0.3 is 6.09 Å². The number of hydrogen-bond acceptors (Lipinski definition) is 3. The molecular formula is C19H20FNO3. The molecule has 4 nitrogen and oxygen atoms in total. The molecular weight excluding hydrogens is 309 g/mol. The molecule has 3 rings (SSSR count). The van der Waals surface area contributed by atoms with E-state index in [2.05, 4.69) is 6.92 Å². The summed E-state index contributed by atoms with van der Waals surface area (Å²) in [5.41, 5.74) is 0.811. The zero-order valence-corrected chi connectivity index (χ0v) is 13.6. The minimum atomic E-state index is -0.576. The monoisotopic (exact) mass is 329 g/mol. The van der Waals surface area contributed by atoms with E-state index in [1.807, 2.05) is 18.2 Å². The molecule has 1 atom stereocenters. The van der Waals surface area contributed by atoms with E-state index in [-0.39, 0.29) is 18.3 Å². The molecule has 126 valence electrons. The predicted octanol–water partition coefficient (Wildman–Crippen LogP) is 4.23. The molecule has 24 heavy (non-hydrogen) atoms. The van der Waals surface area contributed by atoms with Crippen molar-refractivity contribution in [2.24, 2.45) is 0 Å². The van der Waals surface area contributed by atoms with Crippen LogP contribution in [-0.4, -0.2) is 30.1 Å². The van der Waals surface area contributed by atoms with Gasteiger partial charge in [-0.3, -0.25) is 4.79 Å². The van der Waals surface area contributed by atoms with Gasteiger partial charge in [0.25, 0.3) is 0 Å². The molecule has 2 amide bonds. The topological polar surface area (TPSA) is 46.6 Å². The minimum Gasteiger partial charge on any atom is -0.447 e. The third kappa shape index (κ3) is 3.25. The number of carbonyl (C=O) groups excluding carboxylic acids is 2. The predicted molar refractivity (Wildman–Crippen MR) is 89.2 cm³/mol. The van der Waals surface area contributed by atoms with Crippen LogP contribution in [0, 0.1) is 5.82 Å². The van der Waals surface area contributed by atoms with Crippen LogP contribution in [0.3, 0.4) is 0 Å². The Balaban J connectivity index is 1.95. The largest absolute Gasteiger partial charge is 0.447 e. The van der Waals surface area contributed by atoms with Crippen LogP contribution < -0.4 is 0 Å². The molecule has 2 aromatic rings. The molecule has 0 saturated carbocycles. The smallest absolute Gasteiger partial charge is 0.416 e. The number of nitrogens with zero attached hydrogens (tertiary/aromatic N) is 1. The number of fused-ring (bicyclic) bond motifs is 1. The number of ether oxygens (including phenoxy) is 1. The highest BCUT2D eigenvalue weighted by Crippen LogP contribution is 2.29. The van der Waals surface area contributed by atoms with Gasteiger partial charge in [-0.1, -0.05) is 44.0 Å². The summed E-state index contributed by atoms with van der Waals surface area (Å²) in [6, 6.07) is 10.2. The van der Waals surface area contributed by atoms with Gasteiger partial charge in [-0.2, -0.15) is 0 Å². The van der Waals surface area contributed by atoms with E-state index in [0.717, 1.165) is 29.2 Å². The fraction of sp³-hybridized carbons (Fsp3) is 0.368. The van der Waals surface area contributed by atoms with E-state index in [0.29, 0.717) is 13.0 Å². The maximum Gasteiger partial charge on any atom is 0.416 e. The third-order valence-electron chi connectivity index (χ3n) is 4.40. The molecule has 5 heteroatoms. The van der Waals surface area contributed by atoms with Crippen LogP contribution in [0.25, 0.3) is 10.8 Å². The Labute approximate surface area is 140 Å². The number of carbonyl (C=O) groups is 2. The van der Waals surface area contributed by atoms with Crippen LogP contribution in [0.4, 0.5) is 9.18 Å². The fourth-order valence-corrected chi connectivity index (χ4v) is 3.08. The Kier molecular flexibility index (Phi) is 4.79. The van der Waals surface area contributed by atoms with Crippen LogP contribution in [-0.2, 0) is 9.53 Å². The van der Waals surface area contributed by atoms with E-state index >= 15 is 0 Å². The summed E-state index contributed by atoms with van der Waals surface area (Å²) >= 11 is 0. The van der Waals surface area contributed by atoms with Gasteiger partial charge < -0.3 is 4.74 Å². The first kappa shape index (κ1) is 16.4. The van der Waals surface area contributed by atoms with Gasteiger partial charge in [0.1, 0.15) is 12.4 Å². The first-order valence-electron chi connectivity index (χ1n) is 8.27. The maximum atomic E-state index is 13.5. The lowest BCUT2D eigenvalue weighted by molar-refractivity contribution is -0.129. The molecule has 0 spiro atoms. The number of cyclic esters (lactones) is 1. The van der Waals surface area contributed by atoms with Crippen molar-refractivity contribution in [2.75, 3.05) is 13.2 Å². The number of halogens is 1. The van der Waals surface area contributed by atoms with Crippen LogP contribution >= 0.6 is 0 Å². The second-order valence-corrected chi connectivity index (χ2v) is 6.05. The molecule has 1 unspecified atom stereocenters. The minimum absolute atomic E-state index is 0.235. The zero-order valence-electron chi connectivity index (χ0n) is 13.6. The molecule has 0 radical (unpaired) electrons. The molecule has 1 aliphatic heterocycles. The average Bonchev–Trinajstić information content (AvgIpc) is 3.00. The highest BCUT2D eigenvalue weighted by atomic mass is 19.1. The number of unbranched alkanes of at least 4 members (excludes halogenated alkanes) is 1. The van der Waals surface area contributed by atoms with Crippen LogP contribution in [0.5, 0.6) is 0 Å². The maximum absolute atomic E-state index is 13.5. The second-order valence-electron chi connectivity index (χ2n) is 6.05. The Morgan fingerprint density at radius 3 is 2.75 bits per heavy atom. The molecule has 0 bridgehead atoms. The number of hydrogen-bond donors (Lipinski definition) is 0. The van der Waals surface area contributed by atoms with Gasteiger partial charge in [-0.15, -0.1) is 0 Å². The van der Waals surface area contributed by atoms with Gasteiger partial charge in [-0.05, 0) is 34.9 Å². The molecule has 1 heterocycles. The molecule has 2 aromatic carbocycles. The Morgan fingerprint density at radius 1 is 1.25 bits per heavy atom. The van der Waals surface area contributed by atoms with Crippen LogP contribution in [0.1, 0.15) is 37.7 Å². The van der Waals surface area contributed by atoms with E-state index in [1.165, 1.54) is 17.0 Å². The SMILES string of the molecule is CCCCC(C(=O)N1CCOC1=O)c1ccc2ccc(F)cc2c1. The van der Waals surface area contributed by atoms with Crippen molar-refractivity contribution >= 4 is 22.8 Å². The number of benzene rings is 2. The lowest BCUT2D eigenvalue weighted by atomic mass is 9.90. The highest BCUT2D eigenvalue weighted by Gasteiger charge is 2.34. The van der Waals surface area contributed by atoms with Gasteiger partial charge in [0.05, 0.1) is 12.5 Å². The van der Waals surface area contributed by atoms with E-state index in [9.17, 15) is 14.0 Å². The summed E-state index contributed by atoms with van der Waals surface area (Å²) in [5, 5.41) is 1.67. The first-order chi connectivity index (χ1) is 11.6. The summed E-state index contributed by atoms with van der Waals surface area (Å²) in [5.74, 6) is -0.954. The van der Waals surface area contributed by atoms with E-state index < -0.39 is 12.0 Å². The van der Waals surface area contributed by atoms with Crippen molar-refractivity contribution in [3.63, 3.8) is 0 Å². The molecule has 0 N–H and O–H groups in total. The molecule has 1 saturated heterocycles. The van der Waals surface area contributed by atoms with Crippen molar-refractivity contribution < 1.29 is 18.7 Å². The lowest BCUT2D eigenvalue weighted by Crippen LogP contribution is -2.35. The highest BCUT2D eigenvalue weighted by molar-refractivity contribution is 5.97. The number of amides is 2. The Bertz CT molecular complexity index is 774. The Morgan fingerprint density at radius 2 is 2.04 bits per heavy atom. The number of rotatable bonds is 5. The second kappa shape index (κ2) is 6.99. The van der Waals surface area contributed by atoms with Crippen LogP contribution in [0.2, 0.25) is 0 Å². The summed E-state index contributed by atoms with van der Waals surface area (Å²) in [4.78, 5) is 25.7. The number of imide groups is 1. The summed E-state index contributed by atoms with van der Waals surface area (Å²) in [7, 11) is 0. The normalized spacial score (nSPS) is 15.6.